The quantitative estimate of drug-likeness (QED) is 0.597. The molecule has 26 heavy (non-hydrogen) atoms. The number of fused-ring (bicyclic) bond motifs is 2. The smallest absolute Gasteiger partial charge is 0.231 e. The minimum atomic E-state index is -0.213. The van der Waals surface area contributed by atoms with Gasteiger partial charge in [-0.1, -0.05) is 23.2 Å². The Bertz CT molecular complexity index is 1040. The van der Waals surface area contributed by atoms with Gasteiger partial charge in [0, 0.05) is 16.6 Å². The lowest BCUT2D eigenvalue weighted by molar-refractivity contribution is 0.0922. The fraction of sp³-hybridized carbons (Fsp3) is 0.158. The van der Waals surface area contributed by atoms with Crippen molar-refractivity contribution in [2.75, 3.05) is 13.4 Å². The average molecular weight is 390 g/mol. The summed E-state index contributed by atoms with van der Waals surface area (Å²) in [6.07, 6.45) is 0. The molecule has 1 aliphatic heterocycles. The van der Waals surface area contributed by atoms with E-state index in [4.69, 9.17) is 37.4 Å². The van der Waals surface area contributed by atoms with Gasteiger partial charge in [-0.25, -0.2) is 4.98 Å². The molecule has 2 aromatic carbocycles. The van der Waals surface area contributed by atoms with Crippen LogP contribution in [-0.2, 0) is 0 Å². The lowest BCUT2D eigenvalue weighted by Gasteiger charge is -2.12. The zero-order chi connectivity index (χ0) is 18.3. The number of aromatic nitrogens is 1. The summed E-state index contributed by atoms with van der Waals surface area (Å²) in [5.74, 6) is 1.29. The molecule has 5 nitrogen and oxygen atoms in total. The molecule has 4 rings (SSSR count). The van der Waals surface area contributed by atoms with Crippen LogP contribution in [-0.4, -0.2) is 24.2 Å². The van der Waals surface area contributed by atoms with E-state index in [9.17, 15) is 4.79 Å². The fourth-order valence-electron chi connectivity index (χ4n) is 2.72. The third-order valence-corrected chi connectivity index (χ3v) is 4.61. The topological polar surface area (TPSA) is 57.7 Å². The number of hydrogen-bond donors (Lipinski definition) is 0. The second-order valence-electron chi connectivity index (χ2n) is 5.80. The number of aryl methyl sites for hydroxylation is 1. The molecule has 0 atom stereocenters. The van der Waals surface area contributed by atoms with E-state index in [1.165, 1.54) is 0 Å². The molecule has 1 aliphatic rings. The van der Waals surface area contributed by atoms with Gasteiger partial charge >= 0.3 is 0 Å². The molecule has 0 radical (unpaired) electrons. The van der Waals surface area contributed by atoms with Crippen molar-refractivity contribution in [3.05, 3.63) is 57.7 Å². The maximum atomic E-state index is 12.5. The van der Waals surface area contributed by atoms with Crippen LogP contribution in [0, 0.1) is 6.92 Å². The Labute approximate surface area is 159 Å². The first-order chi connectivity index (χ1) is 12.5. The first-order valence-corrected chi connectivity index (χ1v) is 8.59. The van der Waals surface area contributed by atoms with Crippen LogP contribution < -0.4 is 14.2 Å². The SMILES string of the molecule is Cc1ccc2c(Cl)cc(Cl)c(OCC(=O)c3ccc4c(c3)OCO4)c2n1. The zero-order valence-corrected chi connectivity index (χ0v) is 15.2. The highest BCUT2D eigenvalue weighted by Gasteiger charge is 2.18. The Morgan fingerprint density at radius 3 is 2.77 bits per heavy atom. The lowest BCUT2D eigenvalue weighted by atomic mass is 10.1. The molecule has 0 N–H and O–H groups in total. The highest BCUT2D eigenvalue weighted by atomic mass is 35.5. The van der Waals surface area contributed by atoms with Crippen LogP contribution in [0.4, 0.5) is 0 Å². The molecular weight excluding hydrogens is 377 g/mol. The first-order valence-electron chi connectivity index (χ1n) is 7.84. The largest absolute Gasteiger partial charge is 0.482 e. The predicted molar refractivity (Wildman–Crippen MR) is 98.9 cm³/mol. The summed E-state index contributed by atoms with van der Waals surface area (Å²) in [6.45, 7) is 1.82. The van der Waals surface area contributed by atoms with Crippen LogP contribution in [0.3, 0.4) is 0 Å². The number of hydrogen-bond acceptors (Lipinski definition) is 5. The summed E-state index contributed by atoms with van der Waals surface area (Å²) in [5, 5.41) is 1.50. The Balaban J connectivity index is 1.62. The molecule has 0 aliphatic carbocycles. The van der Waals surface area contributed by atoms with Gasteiger partial charge in [0.2, 0.25) is 6.79 Å². The molecule has 1 aromatic heterocycles. The van der Waals surface area contributed by atoms with Crippen LogP contribution in [0.5, 0.6) is 17.2 Å². The van der Waals surface area contributed by atoms with Crippen molar-refractivity contribution < 1.29 is 19.0 Å². The summed E-state index contributed by atoms with van der Waals surface area (Å²) in [6, 6.07) is 10.3. The maximum absolute atomic E-state index is 12.5. The van der Waals surface area contributed by atoms with Gasteiger partial charge in [0.25, 0.3) is 0 Å². The van der Waals surface area contributed by atoms with Gasteiger partial charge in [0.05, 0.1) is 10.0 Å². The first kappa shape index (κ1) is 16.9. The second-order valence-corrected chi connectivity index (χ2v) is 6.61. The summed E-state index contributed by atoms with van der Waals surface area (Å²) in [4.78, 5) is 16.9. The number of ether oxygens (including phenoxy) is 3. The van der Waals surface area contributed by atoms with E-state index in [0.29, 0.717) is 43.8 Å². The van der Waals surface area contributed by atoms with Crippen LogP contribution in [0.1, 0.15) is 16.1 Å². The Morgan fingerprint density at radius 2 is 1.92 bits per heavy atom. The zero-order valence-electron chi connectivity index (χ0n) is 13.7. The van der Waals surface area contributed by atoms with Crippen LogP contribution in [0.15, 0.2) is 36.4 Å². The van der Waals surface area contributed by atoms with Crippen LogP contribution in [0.2, 0.25) is 10.0 Å². The van der Waals surface area contributed by atoms with Gasteiger partial charge in [-0.15, -0.1) is 0 Å². The minimum absolute atomic E-state index is 0.154. The highest BCUT2D eigenvalue weighted by molar-refractivity contribution is 6.39. The number of nitrogens with zero attached hydrogens (tertiary/aromatic N) is 1. The van der Waals surface area contributed by atoms with Crippen LogP contribution in [0.25, 0.3) is 10.9 Å². The van der Waals surface area contributed by atoms with E-state index in [-0.39, 0.29) is 19.2 Å². The molecule has 0 unspecified atom stereocenters. The molecule has 0 amide bonds. The number of halogens is 2. The fourth-order valence-corrected chi connectivity index (χ4v) is 3.29. The number of pyridine rings is 1. The van der Waals surface area contributed by atoms with Crippen molar-refractivity contribution in [1.82, 2.24) is 4.98 Å². The minimum Gasteiger partial charge on any atom is -0.482 e. The second kappa shape index (κ2) is 6.67. The molecule has 0 bridgehead atoms. The summed E-state index contributed by atoms with van der Waals surface area (Å²) in [7, 11) is 0. The summed E-state index contributed by atoms with van der Waals surface area (Å²) < 4.78 is 16.3. The van der Waals surface area contributed by atoms with Gasteiger partial charge in [-0.05, 0) is 43.3 Å². The molecular formula is C19H13Cl2NO4. The van der Waals surface area contributed by atoms with E-state index in [0.717, 1.165) is 5.69 Å². The molecule has 7 heteroatoms. The van der Waals surface area contributed by atoms with Crippen molar-refractivity contribution >= 4 is 39.9 Å². The van der Waals surface area contributed by atoms with E-state index >= 15 is 0 Å². The molecule has 132 valence electrons. The number of ketones is 1. The van der Waals surface area contributed by atoms with Crippen molar-refractivity contribution in [2.45, 2.75) is 6.92 Å². The van der Waals surface area contributed by atoms with Crippen molar-refractivity contribution in [2.24, 2.45) is 0 Å². The van der Waals surface area contributed by atoms with Gasteiger partial charge in [-0.2, -0.15) is 0 Å². The molecule has 0 saturated carbocycles. The number of benzene rings is 2. The maximum Gasteiger partial charge on any atom is 0.231 e. The monoisotopic (exact) mass is 389 g/mol. The van der Waals surface area contributed by atoms with E-state index in [1.54, 1.807) is 24.3 Å². The third kappa shape index (κ3) is 3.04. The van der Waals surface area contributed by atoms with Gasteiger partial charge in [0.15, 0.2) is 29.6 Å². The number of carbonyl (C=O) groups is 1. The Kier molecular flexibility index (Phi) is 4.34. The lowest BCUT2D eigenvalue weighted by Crippen LogP contribution is -2.12. The summed E-state index contributed by atoms with van der Waals surface area (Å²) >= 11 is 12.5. The molecule has 2 heterocycles. The van der Waals surface area contributed by atoms with Crippen molar-refractivity contribution in [1.29, 1.82) is 0 Å². The standard InChI is InChI=1S/C19H13Cl2NO4/c1-10-2-4-12-13(20)7-14(21)19(18(12)22-10)24-8-15(23)11-3-5-16-17(6-11)26-9-25-16/h2-7H,8-9H2,1H3. The molecule has 0 spiro atoms. The molecule has 0 fully saturated rings. The van der Waals surface area contributed by atoms with Crippen LogP contribution >= 0.6 is 23.2 Å². The predicted octanol–water partition coefficient (Wildman–Crippen LogP) is 4.84. The van der Waals surface area contributed by atoms with E-state index in [2.05, 4.69) is 4.98 Å². The Morgan fingerprint density at radius 1 is 1.12 bits per heavy atom. The van der Waals surface area contributed by atoms with Gasteiger partial charge < -0.3 is 14.2 Å². The van der Waals surface area contributed by atoms with Gasteiger partial charge in [0.1, 0.15) is 5.52 Å². The third-order valence-electron chi connectivity index (χ3n) is 4.02. The van der Waals surface area contributed by atoms with Crippen molar-refractivity contribution in [3.8, 4) is 17.2 Å². The summed E-state index contributed by atoms with van der Waals surface area (Å²) in [5.41, 5.74) is 1.79. The molecule has 0 saturated heterocycles. The van der Waals surface area contributed by atoms with E-state index < -0.39 is 0 Å². The normalized spacial score (nSPS) is 12.4. The number of rotatable bonds is 4. The number of Topliss-reactive ketones (excluding diaryl/α,β-unsaturated/α-hetero) is 1. The van der Waals surface area contributed by atoms with Gasteiger partial charge in [-0.3, -0.25) is 4.79 Å². The number of carbonyl (C=O) groups excluding carboxylic acids is 1. The van der Waals surface area contributed by atoms with E-state index in [1.807, 2.05) is 19.1 Å². The highest BCUT2D eigenvalue weighted by Crippen LogP contribution is 2.37. The Hall–Kier alpha value is -2.50. The molecule has 3 aromatic rings. The van der Waals surface area contributed by atoms with Crippen molar-refractivity contribution in [3.63, 3.8) is 0 Å². The average Bonchev–Trinajstić information content (AvgIpc) is 3.08.